The first-order chi connectivity index (χ1) is 31.6. The van der Waals surface area contributed by atoms with Gasteiger partial charge in [-0.1, -0.05) is 264 Å². The van der Waals surface area contributed by atoms with Crippen LogP contribution in [0.15, 0.2) is 0 Å². The van der Waals surface area contributed by atoms with Crippen LogP contribution in [0.5, 0.6) is 0 Å². The Morgan fingerprint density at radius 1 is 0.431 bits per heavy atom. The van der Waals surface area contributed by atoms with Crippen LogP contribution in [0.3, 0.4) is 0 Å². The zero-order chi connectivity index (χ0) is 47.7. The molecule has 0 aromatic heterocycles. The lowest BCUT2D eigenvalue weighted by molar-refractivity contribution is -0.147. The number of aliphatic carboxylic acids is 1. The zero-order valence-corrected chi connectivity index (χ0v) is 43.2. The van der Waals surface area contributed by atoms with E-state index in [-0.39, 0.29) is 12.8 Å². The van der Waals surface area contributed by atoms with Crippen molar-refractivity contribution in [3.05, 3.63) is 0 Å². The summed E-state index contributed by atoms with van der Waals surface area (Å²) in [7, 11) is -4.76. The first-order valence-electron chi connectivity index (χ1n) is 27.6. The number of aliphatic hydroxyl groups is 1. The highest BCUT2D eigenvalue weighted by atomic mass is 31.2. The number of unbranched alkanes of at least 4 members (excludes halogenated alkanes) is 39. The molecule has 65 heavy (non-hydrogen) atoms. The monoisotopic (exact) mass is 946 g/mol. The number of carbonyl (C=O) groups excluding carboxylic acids is 2. The van der Waals surface area contributed by atoms with Gasteiger partial charge in [-0.3, -0.25) is 18.6 Å². The van der Waals surface area contributed by atoms with Crippen molar-refractivity contribution < 1.29 is 47.8 Å². The van der Waals surface area contributed by atoms with Crippen molar-refractivity contribution in [3.63, 3.8) is 0 Å². The molecule has 0 rings (SSSR count). The molecular formula is C53H104NO10P. The van der Waals surface area contributed by atoms with Gasteiger partial charge in [0.05, 0.1) is 13.2 Å². The molecule has 0 heterocycles. The average Bonchev–Trinajstić information content (AvgIpc) is 3.28. The van der Waals surface area contributed by atoms with Gasteiger partial charge in [-0.25, -0.2) is 9.36 Å². The molecule has 3 atom stereocenters. The Kier molecular flexibility index (Phi) is 47.8. The minimum atomic E-state index is -4.76. The molecule has 12 heteroatoms. The van der Waals surface area contributed by atoms with Gasteiger partial charge in [-0.05, 0) is 12.8 Å². The summed E-state index contributed by atoms with van der Waals surface area (Å²) < 4.78 is 27.0. The maximum absolute atomic E-state index is 12.4. The number of amides is 1. The maximum Gasteiger partial charge on any atom is 0.472 e. The highest BCUT2D eigenvalue weighted by Crippen LogP contribution is 2.43. The van der Waals surface area contributed by atoms with Crippen LogP contribution in [0.4, 0.5) is 0 Å². The molecule has 11 nitrogen and oxygen atoms in total. The third-order valence-electron chi connectivity index (χ3n) is 12.6. The van der Waals surface area contributed by atoms with Crippen LogP contribution in [0.2, 0.25) is 0 Å². The molecule has 1 amide bonds. The molecule has 0 aromatic carbocycles. The number of hydrogen-bond donors (Lipinski definition) is 4. The number of esters is 1. The fourth-order valence-corrected chi connectivity index (χ4v) is 9.15. The van der Waals surface area contributed by atoms with Gasteiger partial charge < -0.3 is 25.2 Å². The van der Waals surface area contributed by atoms with E-state index in [4.69, 9.17) is 13.8 Å². The molecule has 0 saturated carbocycles. The van der Waals surface area contributed by atoms with E-state index in [1.54, 1.807) is 0 Å². The highest BCUT2D eigenvalue weighted by molar-refractivity contribution is 7.47. The molecule has 3 unspecified atom stereocenters. The van der Waals surface area contributed by atoms with E-state index in [9.17, 15) is 34.1 Å². The predicted molar refractivity (Wildman–Crippen MR) is 268 cm³/mol. The zero-order valence-electron chi connectivity index (χ0n) is 42.3. The molecule has 0 bridgehead atoms. The van der Waals surface area contributed by atoms with Crippen molar-refractivity contribution in [2.45, 2.75) is 302 Å². The first-order valence-corrected chi connectivity index (χ1v) is 29.1. The predicted octanol–water partition coefficient (Wildman–Crippen LogP) is 15.4. The minimum absolute atomic E-state index is 0.154. The van der Waals surface area contributed by atoms with Crippen LogP contribution in [0.25, 0.3) is 0 Å². The van der Waals surface area contributed by atoms with Gasteiger partial charge in [-0.2, -0.15) is 0 Å². The maximum atomic E-state index is 12.4. The number of carboxylic acids is 1. The summed E-state index contributed by atoms with van der Waals surface area (Å²) >= 11 is 0. The number of phosphoric acid groups is 1. The molecule has 4 N–H and O–H groups in total. The van der Waals surface area contributed by atoms with Gasteiger partial charge >= 0.3 is 19.8 Å². The third kappa shape index (κ3) is 48.7. The molecule has 0 fully saturated rings. The molecule has 0 aliphatic heterocycles. The highest BCUT2D eigenvalue weighted by Gasteiger charge is 2.28. The van der Waals surface area contributed by atoms with E-state index >= 15 is 0 Å². The molecule has 0 aliphatic rings. The molecule has 0 aliphatic carbocycles. The SMILES string of the molecule is CCCCCCCCCCCCCCCCCCCCCCCCCCC(=O)NC(COP(=O)(O)OCC(O)COC(=O)CCCCCCCCCCCCCCCCCCC)C(=O)O. The van der Waals surface area contributed by atoms with E-state index in [0.717, 1.165) is 38.5 Å². The topological polar surface area (TPSA) is 169 Å². The second-order valence-corrected chi connectivity index (χ2v) is 20.6. The molecular weight excluding hydrogens is 842 g/mol. The summed E-state index contributed by atoms with van der Waals surface area (Å²) in [6.07, 6.45) is 51.3. The quantitative estimate of drug-likeness (QED) is 0.0262. The van der Waals surface area contributed by atoms with Gasteiger partial charge in [0.2, 0.25) is 5.91 Å². The Bertz CT molecular complexity index is 1110. The van der Waals surface area contributed by atoms with Crippen LogP contribution in [0, 0.1) is 0 Å². The Hall–Kier alpha value is -1.52. The van der Waals surface area contributed by atoms with Crippen molar-refractivity contribution in [1.29, 1.82) is 0 Å². The van der Waals surface area contributed by atoms with Crippen LogP contribution < -0.4 is 5.32 Å². The number of hydrogen-bond acceptors (Lipinski definition) is 8. The number of rotatable bonds is 53. The standard InChI is InChI=1S/C53H104NO10P/c1-3-5-7-9-11-13-15-17-19-21-22-23-24-25-26-27-29-30-32-34-36-38-40-42-44-51(56)54-50(53(58)59)48-64-65(60,61)63-47-49(55)46-62-52(57)45-43-41-39-37-35-33-31-28-20-18-16-14-12-10-8-6-4-2/h49-50,55H,3-48H2,1-2H3,(H,54,56)(H,58,59)(H,60,61). The Balaban J connectivity index is 3.74. The molecule has 0 aromatic rings. The Morgan fingerprint density at radius 3 is 1.02 bits per heavy atom. The number of ether oxygens (including phenoxy) is 1. The fourth-order valence-electron chi connectivity index (χ4n) is 8.38. The van der Waals surface area contributed by atoms with Crippen LogP contribution in [-0.2, 0) is 32.7 Å². The number of phosphoric ester groups is 1. The molecule has 0 saturated heterocycles. The van der Waals surface area contributed by atoms with E-state index in [1.807, 2.05) is 0 Å². The number of nitrogens with one attached hydrogen (secondary N) is 1. The van der Waals surface area contributed by atoms with E-state index in [0.29, 0.717) is 12.8 Å². The first kappa shape index (κ1) is 63.5. The van der Waals surface area contributed by atoms with E-state index in [2.05, 4.69) is 19.2 Å². The lowest BCUT2D eigenvalue weighted by Gasteiger charge is -2.18. The summed E-state index contributed by atoms with van der Waals surface area (Å²) in [5, 5.41) is 22.0. The largest absolute Gasteiger partial charge is 0.480 e. The van der Waals surface area contributed by atoms with Gasteiger partial charge in [0, 0.05) is 12.8 Å². The third-order valence-corrected chi connectivity index (χ3v) is 13.6. The second kappa shape index (κ2) is 48.9. The lowest BCUT2D eigenvalue weighted by Crippen LogP contribution is -2.43. The smallest absolute Gasteiger partial charge is 0.472 e. The van der Waals surface area contributed by atoms with Gasteiger partial charge in [-0.15, -0.1) is 0 Å². The second-order valence-electron chi connectivity index (χ2n) is 19.1. The van der Waals surface area contributed by atoms with Crippen LogP contribution in [-0.4, -0.2) is 64.9 Å². The number of carboxylic acid groups (broad SMARTS) is 1. The normalized spacial score (nSPS) is 13.4. The van der Waals surface area contributed by atoms with E-state index < -0.39 is 57.6 Å². The summed E-state index contributed by atoms with van der Waals surface area (Å²) in [5.74, 6) is -2.34. The molecule has 0 radical (unpaired) electrons. The summed E-state index contributed by atoms with van der Waals surface area (Å²) in [4.78, 5) is 46.2. The van der Waals surface area contributed by atoms with Crippen molar-refractivity contribution in [1.82, 2.24) is 5.32 Å². The fraction of sp³-hybridized carbons (Fsp3) is 0.943. The average molecular weight is 946 g/mol. The molecule has 0 spiro atoms. The summed E-state index contributed by atoms with van der Waals surface area (Å²) in [6, 6.07) is -1.54. The van der Waals surface area contributed by atoms with Crippen LogP contribution >= 0.6 is 7.82 Å². The van der Waals surface area contributed by atoms with Crippen molar-refractivity contribution in [2.24, 2.45) is 0 Å². The van der Waals surface area contributed by atoms with Gasteiger partial charge in [0.1, 0.15) is 12.7 Å². The minimum Gasteiger partial charge on any atom is -0.480 e. The van der Waals surface area contributed by atoms with Crippen molar-refractivity contribution in [3.8, 4) is 0 Å². The van der Waals surface area contributed by atoms with E-state index in [1.165, 1.54) is 212 Å². The summed E-state index contributed by atoms with van der Waals surface area (Å²) in [5.41, 5.74) is 0. The van der Waals surface area contributed by atoms with Gasteiger partial charge in [0.25, 0.3) is 0 Å². The van der Waals surface area contributed by atoms with Gasteiger partial charge in [0.15, 0.2) is 6.04 Å². The summed E-state index contributed by atoms with van der Waals surface area (Å²) in [6.45, 7) is 2.67. The van der Waals surface area contributed by atoms with Crippen molar-refractivity contribution in [2.75, 3.05) is 19.8 Å². The number of carbonyl (C=O) groups is 3. The Morgan fingerprint density at radius 2 is 0.708 bits per heavy atom. The van der Waals surface area contributed by atoms with Crippen molar-refractivity contribution >= 4 is 25.7 Å². The van der Waals surface area contributed by atoms with Crippen LogP contribution in [0.1, 0.15) is 290 Å². The Labute approximate surface area is 399 Å². The lowest BCUT2D eigenvalue weighted by atomic mass is 10.0. The molecule has 386 valence electrons. The number of aliphatic hydroxyl groups excluding tert-OH is 1.